The van der Waals surface area contributed by atoms with E-state index in [1.165, 1.54) is 64.9 Å². The molecule has 0 spiro atoms. The van der Waals surface area contributed by atoms with Crippen molar-refractivity contribution in [3.63, 3.8) is 0 Å². The lowest BCUT2D eigenvalue weighted by Gasteiger charge is -2.22. The molecule has 10 heteroatoms. The number of para-hydroxylation sites is 1. The van der Waals surface area contributed by atoms with E-state index in [1.807, 2.05) is 61.2 Å². The Morgan fingerprint density at radius 3 is 2.09 bits per heavy atom. The van der Waals surface area contributed by atoms with Crippen molar-refractivity contribution in [1.82, 2.24) is 9.80 Å². The number of hydrogen-bond acceptors (Lipinski definition) is 8. The monoisotopic (exact) mass is 659 g/mol. The molecule has 257 valence electrons. The fraction of sp³-hybridized carbons (Fsp3) is 0.583. The molecule has 0 aromatic heterocycles. The molecule has 1 radical (unpaired) electrons. The third-order valence-electron chi connectivity index (χ3n) is 7.94. The van der Waals surface area contributed by atoms with Crippen molar-refractivity contribution in [1.29, 1.82) is 0 Å². The van der Waals surface area contributed by atoms with Gasteiger partial charge in [0.25, 0.3) is 0 Å². The Kier molecular flexibility index (Phi) is 17.4. The van der Waals surface area contributed by atoms with Crippen molar-refractivity contribution in [2.45, 2.75) is 104 Å². The third-order valence-corrected chi connectivity index (χ3v) is 8.84. The Morgan fingerprint density at radius 1 is 0.761 bits per heavy atom. The number of ether oxygens (including phenoxy) is 3. The summed E-state index contributed by atoms with van der Waals surface area (Å²) < 4.78 is 41.3. The molecular weight excluding hydrogens is 603 g/mol. The third kappa shape index (κ3) is 14.0. The second-order valence-corrected chi connectivity index (χ2v) is 13.2. The summed E-state index contributed by atoms with van der Waals surface area (Å²) in [4.78, 5) is 14.6. The number of unbranched alkanes of at least 4 members (excludes halogenated alkanes) is 9. The van der Waals surface area contributed by atoms with Crippen LogP contribution in [0.1, 0.15) is 95.6 Å². The number of phosphoric acid groups is 1. The van der Waals surface area contributed by atoms with Crippen LogP contribution in [0.25, 0.3) is 0 Å². The Hall–Kier alpha value is -2.71. The highest BCUT2D eigenvalue weighted by molar-refractivity contribution is 7.47. The Balaban J connectivity index is 1.39. The SMILES string of the molecule is CCCCCCCCCCCCOc1cccc(OCC(COP(=O)(O)Oc2ccccc2CN2[CH]N(CCC)C=C2)OC)c1C. The van der Waals surface area contributed by atoms with E-state index < -0.39 is 13.9 Å². The van der Waals surface area contributed by atoms with E-state index in [-0.39, 0.29) is 13.2 Å². The van der Waals surface area contributed by atoms with Crippen LogP contribution >= 0.6 is 7.82 Å². The molecule has 0 bridgehead atoms. The summed E-state index contributed by atoms with van der Waals surface area (Å²) in [5.41, 5.74) is 1.66. The number of rotatable bonds is 25. The second kappa shape index (κ2) is 21.2. The lowest BCUT2D eigenvalue weighted by molar-refractivity contribution is 0.0158. The van der Waals surface area contributed by atoms with Gasteiger partial charge in [-0.3, -0.25) is 9.42 Å². The molecule has 2 atom stereocenters. The Bertz CT molecular complexity index is 1210. The number of benzene rings is 2. The molecule has 0 fully saturated rings. The van der Waals surface area contributed by atoms with Gasteiger partial charge >= 0.3 is 7.82 Å². The summed E-state index contributed by atoms with van der Waals surface area (Å²) in [6.07, 6.45) is 17.3. The lowest BCUT2D eigenvalue weighted by Crippen LogP contribution is -2.26. The summed E-state index contributed by atoms with van der Waals surface area (Å²) in [6, 6.07) is 12.9. The molecule has 1 heterocycles. The maximum Gasteiger partial charge on any atom is 0.527 e. The van der Waals surface area contributed by atoms with Crippen LogP contribution in [-0.4, -0.2) is 54.3 Å². The zero-order valence-electron chi connectivity index (χ0n) is 28.4. The van der Waals surface area contributed by atoms with E-state index in [9.17, 15) is 9.46 Å². The van der Waals surface area contributed by atoms with Crippen LogP contribution < -0.4 is 14.0 Å². The molecule has 2 aromatic rings. The average Bonchev–Trinajstić information content (AvgIpc) is 3.49. The molecule has 9 nitrogen and oxygen atoms in total. The van der Waals surface area contributed by atoms with Gasteiger partial charge in [-0.15, -0.1) is 0 Å². The molecule has 0 saturated heterocycles. The summed E-state index contributed by atoms with van der Waals surface area (Å²) in [7, 11) is -2.92. The minimum absolute atomic E-state index is 0.126. The largest absolute Gasteiger partial charge is 0.527 e. The highest BCUT2D eigenvalue weighted by Gasteiger charge is 2.27. The standard InChI is InChI=1S/C36H56N2O7P/c1-5-7-8-9-10-11-12-13-14-17-26-42-34-21-18-22-35(31(34)3)43-28-33(41-4)29-44-46(39,40)45-36-20-16-15-19-32(36)27-38-25-24-37(30-38)23-6-2/h15-16,18-22,24-25,30,33H,5-14,17,23,26-29H2,1-4H3,(H,39,40). The topological polar surface area (TPSA) is 89.9 Å². The summed E-state index contributed by atoms with van der Waals surface area (Å²) in [6.45, 7) is 10.4. The fourth-order valence-corrected chi connectivity index (χ4v) is 6.05. The zero-order chi connectivity index (χ0) is 33.0. The van der Waals surface area contributed by atoms with Gasteiger partial charge in [-0.2, -0.15) is 0 Å². The van der Waals surface area contributed by atoms with Crippen molar-refractivity contribution < 1.29 is 32.7 Å². The number of hydrogen-bond donors (Lipinski definition) is 1. The van der Waals surface area contributed by atoms with Gasteiger partial charge in [0.2, 0.25) is 0 Å². The van der Waals surface area contributed by atoms with Crippen molar-refractivity contribution in [3.05, 3.63) is 72.7 Å². The molecule has 2 aromatic carbocycles. The van der Waals surface area contributed by atoms with Crippen LogP contribution in [0.2, 0.25) is 0 Å². The molecular formula is C36H56N2O7P. The molecule has 3 rings (SSSR count). The zero-order valence-corrected chi connectivity index (χ0v) is 29.3. The van der Waals surface area contributed by atoms with E-state index in [0.717, 1.165) is 36.3 Å². The van der Waals surface area contributed by atoms with Crippen LogP contribution in [0.3, 0.4) is 0 Å². The van der Waals surface area contributed by atoms with Crippen molar-refractivity contribution in [2.75, 3.05) is 33.5 Å². The first-order chi connectivity index (χ1) is 22.3. The van der Waals surface area contributed by atoms with E-state index >= 15 is 0 Å². The lowest BCUT2D eigenvalue weighted by atomic mass is 10.1. The fourth-order valence-electron chi connectivity index (χ4n) is 5.22. The second-order valence-electron chi connectivity index (χ2n) is 11.9. The van der Waals surface area contributed by atoms with Gasteiger partial charge in [-0.05, 0) is 38.0 Å². The van der Waals surface area contributed by atoms with Crippen molar-refractivity contribution in [2.24, 2.45) is 0 Å². The van der Waals surface area contributed by atoms with Gasteiger partial charge in [0.1, 0.15) is 36.6 Å². The molecule has 0 saturated carbocycles. The normalized spacial score (nSPS) is 14.8. The maximum atomic E-state index is 12.9. The van der Waals surface area contributed by atoms with E-state index in [2.05, 4.69) is 18.7 Å². The van der Waals surface area contributed by atoms with E-state index in [4.69, 9.17) is 23.3 Å². The molecule has 0 amide bonds. The first-order valence-corrected chi connectivity index (χ1v) is 18.5. The van der Waals surface area contributed by atoms with Gasteiger partial charge in [-0.25, -0.2) is 4.57 Å². The number of nitrogens with zero attached hydrogens (tertiary/aromatic N) is 2. The average molecular weight is 660 g/mol. The van der Waals surface area contributed by atoms with Crippen molar-refractivity contribution >= 4 is 7.82 Å². The van der Waals surface area contributed by atoms with Gasteiger partial charge < -0.3 is 28.5 Å². The highest BCUT2D eigenvalue weighted by Crippen LogP contribution is 2.45. The van der Waals surface area contributed by atoms with Gasteiger partial charge in [0.15, 0.2) is 0 Å². The minimum Gasteiger partial charge on any atom is -0.493 e. The van der Waals surface area contributed by atoms with Gasteiger partial charge in [0, 0.05) is 43.7 Å². The minimum atomic E-state index is -4.43. The smallest absolute Gasteiger partial charge is 0.493 e. The summed E-state index contributed by atoms with van der Waals surface area (Å²) >= 11 is 0. The predicted molar refractivity (Wildman–Crippen MR) is 184 cm³/mol. The van der Waals surface area contributed by atoms with Crippen LogP contribution in [0.15, 0.2) is 54.9 Å². The summed E-state index contributed by atoms with van der Waals surface area (Å²) in [5.74, 6) is 1.76. The van der Waals surface area contributed by atoms with Gasteiger partial charge in [0.05, 0.1) is 13.2 Å². The first kappa shape index (κ1) is 37.7. The molecule has 2 unspecified atom stereocenters. The van der Waals surface area contributed by atoms with E-state index in [0.29, 0.717) is 24.7 Å². The van der Waals surface area contributed by atoms with Crippen molar-refractivity contribution in [3.8, 4) is 17.2 Å². The molecule has 0 aliphatic carbocycles. The molecule has 1 aliphatic heterocycles. The quantitative estimate of drug-likeness (QED) is 0.0828. The predicted octanol–water partition coefficient (Wildman–Crippen LogP) is 9.00. The van der Waals surface area contributed by atoms with Crippen LogP contribution in [0.4, 0.5) is 0 Å². The van der Waals surface area contributed by atoms with Crippen LogP contribution in [0.5, 0.6) is 17.2 Å². The Labute approximate surface area is 277 Å². The van der Waals surface area contributed by atoms with Crippen LogP contribution in [-0.2, 0) is 20.4 Å². The molecule has 46 heavy (non-hydrogen) atoms. The Morgan fingerprint density at radius 2 is 1.39 bits per heavy atom. The van der Waals surface area contributed by atoms with Crippen LogP contribution in [0, 0.1) is 13.6 Å². The number of methoxy groups -OCH3 is 1. The van der Waals surface area contributed by atoms with Gasteiger partial charge in [-0.1, -0.05) is 95.9 Å². The maximum absolute atomic E-state index is 12.9. The van der Waals surface area contributed by atoms with E-state index in [1.54, 1.807) is 12.1 Å². The molecule has 1 N–H and O–H groups in total. The molecule has 1 aliphatic rings. The highest BCUT2D eigenvalue weighted by atomic mass is 31.2. The first-order valence-electron chi connectivity index (χ1n) is 17.0. The summed E-state index contributed by atoms with van der Waals surface area (Å²) in [5, 5.41) is 0. The number of phosphoric ester groups is 1.